The average molecular weight is 462 g/mol. The highest BCUT2D eigenvalue weighted by molar-refractivity contribution is 5.99. The van der Waals surface area contributed by atoms with E-state index in [2.05, 4.69) is 27.0 Å². The Morgan fingerprint density at radius 2 is 1.88 bits per heavy atom. The van der Waals surface area contributed by atoms with Crippen LogP contribution in [-0.4, -0.2) is 68.9 Å². The van der Waals surface area contributed by atoms with E-state index in [4.69, 9.17) is 4.74 Å². The number of morpholine rings is 1. The van der Waals surface area contributed by atoms with Crippen molar-refractivity contribution in [2.45, 2.75) is 19.1 Å². The highest BCUT2D eigenvalue weighted by atomic mass is 19.4. The molecule has 0 radical (unpaired) electrons. The fourth-order valence-electron chi connectivity index (χ4n) is 3.61. The lowest BCUT2D eigenvalue weighted by Crippen LogP contribution is -2.38. The molecule has 0 unspecified atom stereocenters. The van der Waals surface area contributed by atoms with Gasteiger partial charge in [-0.25, -0.2) is 5.01 Å². The van der Waals surface area contributed by atoms with Crippen LogP contribution in [0.4, 0.5) is 18.9 Å². The largest absolute Gasteiger partial charge is 0.416 e. The Balaban J connectivity index is 1.81. The molecule has 1 aliphatic rings. The number of halogens is 3. The lowest BCUT2D eigenvalue weighted by molar-refractivity contribution is -0.137. The van der Waals surface area contributed by atoms with Gasteiger partial charge in [0.1, 0.15) is 0 Å². The minimum absolute atomic E-state index is 0.311. The first kappa shape index (κ1) is 24.7. The van der Waals surface area contributed by atoms with Crippen molar-refractivity contribution in [3.8, 4) is 0 Å². The fraction of sp³-hybridized carbons (Fsp3) is 0.417. The van der Waals surface area contributed by atoms with Crippen molar-refractivity contribution in [3.05, 3.63) is 65.2 Å². The van der Waals surface area contributed by atoms with E-state index >= 15 is 0 Å². The molecule has 0 atom stereocenters. The number of rotatable bonds is 9. The van der Waals surface area contributed by atoms with E-state index in [1.165, 1.54) is 6.07 Å². The van der Waals surface area contributed by atoms with Crippen LogP contribution < -0.4 is 5.32 Å². The third kappa shape index (κ3) is 7.30. The number of alkyl halides is 3. The second-order valence-electron chi connectivity index (χ2n) is 7.74. The molecule has 9 heteroatoms. The number of amidine groups is 1. The minimum Gasteiger partial charge on any atom is -0.388 e. The fourth-order valence-corrected chi connectivity index (χ4v) is 3.61. The van der Waals surface area contributed by atoms with E-state index in [-0.39, 0.29) is 0 Å². The van der Waals surface area contributed by atoms with Crippen LogP contribution in [0.1, 0.15) is 23.1 Å². The summed E-state index contributed by atoms with van der Waals surface area (Å²) in [5, 5.41) is 8.75. The van der Waals surface area contributed by atoms with E-state index in [9.17, 15) is 13.2 Å². The molecule has 0 bridgehead atoms. The Morgan fingerprint density at radius 3 is 2.52 bits per heavy atom. The molecule has 1 fully saturated rings. The third-order valence-corrected chi connectivity index (χ3v) is 5.47. The van der Waals surface area contributed by atoms with Gasteiger partial charge in [0.2, 0.25) is 0 Å². The number of benzene rings is 2. The minimum atomic E-state index is -4.44. The molecule has 1 saturated heterocycles. The van der Waals surface area contributed by atoms with E-state index < -0.39 is 11.7 Å². The predicted molar refractivity (Wildman–Crippen MR) is 126 cm³/mol. The van der Waals surface area contributed by atoms with Crippen molar-refractivity contribution in [3.63, 3.8) is 0 Å². The summed E-state index contributed by atoms with van der Waals surface area (Å²) in [5.41, 5.74) is 1.55. The highest BCUT2D eigenvalue weighted by Crippen LogP contribution is 2.30. The van der Waals surface area contributed by atoms with Crippen LogP contribution in [0.3, 0.4) is 0 Å². The SMILES string of the molecule is C=NN(CCCN1CCOCC1)/C(=N\Cc1ccc(NC)cc1)c1cccc(C(F)(F)F)c1. The predicted octanol–water partition coefficient (Wildman–Crippen LogP) is 4.33. The Kier molecular flexibility index (Phi) is 8.85. The summed E-state index contributed by atoms with van der Waals surface area (Å²) in [6.07, 6.45) is -3.67. The van der Waals surface area contributed by atoms with E-state index in [0.29, 0.717) is 37.7 Å². The van der Waals surface area contributed by atoms with Crippen molar-refractivity contribution in [1.82, 2.24) is 9.91 Å². The summed E-state index contributed by atoms with van der Waals surface area (Å²) in [4.78, 5) is 6.97. The topological polar surface area (TPSA) is 52.5 Å². The number of hydrogen-bond donors (Lipinski definition) is 1. The van der Waals surface area contributed by atoms with E-state index in [1.54, 1.807) is 11.1 Å². The molecule has 33 heavy (non-hydrogen) atoms. The summed E-state index contributed by atoms with van der Waals surface area (Å²) < 4.78 is 45.4. The smallest absolute Gasteiger partial charge is 0.388 e. The summed E-state index contributed by atoms with van der Waals surface area (Å²) >= 11 is 0. The van der Waals surface area contributed by atoms with Gasteiger partial charge >= 0.3 is 6.18 Å². The molecule has 178 valence electrons. The first-order chi connectivity index (χ1) is 15.9. The van der Waals surface area contributed by atoms with Gasteiger partial charge in [0.25, 0.3) is 0 Å². The van der Waals surface area contributed by atoms with Gasteiger partial charge in [-0.3, -0.25) is 9.89 Å². The van der Waals surface area contributed by atoms with Crippen molar-refractivity contribution in [2.75, 3.05) is 51.8 Å². The van der Waals surface area contributed by atoms with Gasteiger partial charge in [-0.15, -0.1) is 0 Å². The number of anilines is 1. The molecule has 0 spiro atoms. The standard InChI is InChI=1S/C24H30F3N5O/c1-28-22-9-7-19(8-10-22)18-30-23(20-5-3-6-21(17-20)24(25,26)27)32(29-2)12-4-11-31-13-15-33-16-14-31/h3,5-10,17,28H,2,4,11-16,18H2,1H3/b30-23-. The lowest BCUT2D eigenvalue weighted by atomic mass is 10.1. The van der Waals surface area contributed by atoms with Crippen molar-refractivity contribution < 1.29 is 17.9 Å². The number of hydrazone groups is 1. The van der Waals surface area contributed by atoms with Crippen molar-refractivity contribution >= 4 is 18.2 Å². The summed E-state index contributed by atoms with van der Waals surface area (Å²) in [6.45, 7) is 8.48. The lowest BCUT2D eigenvalue weighted by Gasteiger charge is -2.28. The van der Waals surface area contributed by atoms with Crippen molar-refractivity contribution in [2.24, 2.45) is 10.1 Å². The Bertz CT molecular complexity index is 924. The van der Waals surface area contributed by atoms with Gasteiger partial charge in [-0.05, 0) is 36.2 Å². The van der Waals surface area contributed by atoms with Crippen LogP contribution in [0.2, 0.25) is 0 Å². The Morgan fingerprint density at radius 1 is 1.15 bits per heavy atom. The van der Waals surface area contributed by atoms with Crippen LogP contribution in [-0.2, 0) is 17.5 Å². The van der Waals surface area contributed by atoms with Gasteiger partial charge < -0.3 is 10.1 Å². The van der Waals surface area contributed by atoms with Crippen LogP contribution in [0.15, 0.2) is 58.6 Å². The summed E-state index contributed by atoms with van der Waals surface area (Å²) in [6, 6.07) is 12.9. The first-order valence-corrected chi connectivity index (χ1v) is 10.9. The molecule has 1 N–H and O–H groups in total. The second-order valence-corrected chi connectivity index (χ2v) is 7.74. The average Bonchev–Trinajstić information content (AvgIpc) is 2.83. The third-order valence-electron chi connectivity index (χ3n) is 5.47. The van der Waals surface area contributed by atoms with Gasteiger partial charge in [-0.1, -0.05) is 24.3 Å². The highest BCUT2D eigenvalue weighted by Gasteiger charge is 2.31. The first-order valence-electron chi connectivity index (χ1n) is 10.9. The monoisotopic (exact) mass is 461 g/mol. The van der Waals surface area contributed by atoms with Crippen LogP contribution in [0.25, 0.3) is 0 Å². The maximum atomic E-state index is 13.3. The van der Waals surface area contributed by atoms with Crippen LogP contribution >= 0.6 is 0 Å². The molecular weight excluding hydrogens is 431 g/mol. The number of nitrogens with one attached hydrogen (secondary N) is 1. The molecule has 1 heterocycles. The van der Waals surface area contributed by atoms with Crippen LogP contribution in [0.5, 0.6) is 0 Å². The molecule has 0 aromatic heterocycles. The van der Waals surface area contributed by atoms with Gasteiger partial charge in [-0.2, -0.15) is 18.3 Å². The van der Waals surface area contributed by atoms with Crippen molar-refractivity contribution in [1.29, 1.82) is 0 Å². The van der Waals surface area contributed by atoms with Crippen LogP contribution in [0, 0.1) is 0 Å². The maximum absolute atomic E-state index is 13.3. The molecule has 0 saturated carbocycles. The number of ether oxygens (including phenoxy) is 1. The maximum Gasteiger partial charge on any atom is 0.416 e. The zero-order chi connectivity index (χ0) is 23.7. The molecule has 1 aliphatic heterocycles. The molecule has 6 nitrogen and oxygen atoms in total. The van der Waals surface area contributed by atoms with Gasteiger partial charge in [0, 0.05) is 51.2 Å². The summed E-state index contributed by atoms with van der Waals surface area (Å²) in [7, 11) is 1.84. The molecule has 3 rings (SSSR count). The quantitative estimate of drug-likeness (QED) is 0.343. The zero-order valence-electron chi connectivity index (χ0n) is 18.8. The number of aliphatic imine (C=N–C) groups is 1. The van der Waals surface area contributed by atoms with E-state index in [0.717, 1.165) is 49.4 Å². The number of hydrogen-bond acceptors (Lipinski definition) is 5. The molecule has 2 aromatic rings. The number of nitrogens with zero attached hydrogens (tertiary/aromatic N) is 4. The molecular formula is C24H30F3N5O. The zero-order valence-corrected chi connectivity index (χ0v) is 18.8. The normalized spacial score (nSPS) is 15.3. The second kappa shape index (κ2) is 11.8. The van der Waals surface area contributed by atoms with E-state index in [1.807, 2.05) is 31.3 Å². The molecule has 2 aromatic carbocycles. The van der Waals surface area contributed by atoms with Gasteiger partial charge in [0.15, 0.2) is 5.84 Å². The Labute approximate surface area is 192 Å². The molecule has 0 amide bonds. The molecule has 0 aliphatic carbocycles. The van der Waals surface area contributed by atoms with Gasteiger partial charge in [0.05, 0.1) is 25.3 Å². The summed E-state index contributed by atoms with van der Waals surface area (Å²) in [5.74, 6) is 0.371. The Hall–Kier alpha value is -2.91.